The quantitative estimate of drug-likeness (QED) is 0.287. The molecular formula is C19H23Cl2N5O4. The highest BCUT2D eigenvalue weighted by Crippen LogP contribution is 2.23. The zero-order valence-electron chi connectivity index (χ0n) is 16.1. The van der Waals surface area contributed by atoms with Gasteiger partial charge < -0.3 is 19.8 Å². The molecule has 2 atom stereocenters. The Kier molecular flexibility index (Phi) is 7.94. The van der Waals surface area contributed by atoms with Crippen LogP contribution in [0.2, 0.25) is 10.0 Å². The van der Waals surface area contributed by atoms with Crippen molar-refractivity contribution in [1.82, 2.24) is 21.0 Å². The van der Waals surface area contributed by atoms with Crippen LogP contribution >= 0.6 is 23.2 Å². The molecule has 0 bridgehead atoms. The highest BCUT2D eigenvalue weighted by atomic mass is 35.5. The molecule has 1 aromatic heterocycles. The van der Waals surface area contributed by atoms with E-state index in [4.69, 9.17) is 38.2 Å². The minimum absolute atomic E-state index is 0.197. The third kappa shape index (κ3) is 6.10. The predicted octanol–water partition coefficient (Wildman–Crippen LogP) is 1.82. The SMILES string of the molecule is NNC(=O)C(NC(=O)NC[C@H]1CN(Cc2ccc(Cl)c(Cl)c2)CCO1)c1ccco1. The van der Waals surface area contributed by atoms with Crippen molar-refractivity contribution in [1.29, 1.82) is 0 Å². The Morgan fingerprint density at radius 2 is 2.10 bits per heavy atom. The highest BCUT2D eigenvalue weighted by molar-refractivity contribution is 6.42. The van der Waals surface area contributed by atoms with Crippen LogP contribution in [0, 0.1) is 0 Å². The maximum absolute atomic E-state index is 12.3. The summed E-state index contributed by atoms with van der Waals surface area (Å²) in [4.78, 5) is 26.4. The molecule has 0 saturated carbocycles. The molecule has 0 spiro atoms. The van der Waals surface area contributed by atoms with Crippen molar-refractivity contribution >= 4 is 35.1 Å². The lowest BCUT2D eigenvalue weighted by molar-refractivity contribution is -0.123. The smallest absolute Gasteiger partial charge is 0.315 e. The largest absolute Gasteiger partial charge is 0.467 e. The molecule has 0 radical (unpaired) electrons. The van der Waals surface area contributed by atoms with Crippen molar-refractivity contribution in [2.45, 2.75) is 18.7 Å². The molecule has 11 heteroatoms. The maximum atomic E-state index is 12.3. The van der Waals surface area contributed by atoms with E-state index in [-0.39, 0.29) is 18.4 Å². The van der Waals surface area contributed by atoms with E-state index in [1.807, 2.05) is 17.6 Å². The molecule has 1 aliphatic heterocycles. The maximum Gasteiger partial charge on any atom is 0.315 e. The van der Waals surface area contributed by atoms with Gasteiger partial charge in [-0.15, -0.1) is 0 Å². The second-order valence-electron chi connectivity index (χ2n) is 6.79. The fourth-order valence-electron chi connectivity index (χ4n) is 3.14. The topological polar surface area (TPSA) is 122 Å². The molecule has 3 amide bonds. The summed E-state index contributed by atoms with van der Waals surface area (Å²) in [6.07, 6.45) is 1.21. The average Bonchev–Trinajstić information content (AvgIpc) is 3.27. The van der Waals surface area contributed by atoms with E-state index < -0.39 is 18.0 Å². The summed E-state index contributed by atoms with van der Waals surface area (Å²) < 4.78 is 10.9. The number of urea groups is 1. The van der Waals surface area contributed by atoms with Crippen molar-refractivity contribution in [3.05, 3.63) is 58.0 Å². The molecule has 2 heterocycles. The predicted molar refractivity (Wildman–Crippen MR) is 112 cm³/mol. The number of hydrogen-bond acceptors (Lipinski definition) is 6. The lowest BCUT2D eigenvalue weighted by Gasteiger charge is -2.33. The van der Waals surface area contributed by atoms with Crippen molar-refractivity contribution in [3.8, 4) is 0 Å². The van der Waals surface area contributed by atoms with Gasteiger partial charge in [-0.25, -0.2) is 10.6 Å². The first-order valence-electron chi connectivity index (χ1n) is 9.32. The van der Waals surface area contributed by atoms with E-state index in [1.165, 1.54) is 6.26 Å². The van der Waals surface area contributed by atoms with Crippen LogP contribution in [-0.4, -0.2) is 49.2 Å². The van der Waals surface area contributed by atoms with Crippen LogP contribution in [0.5, 0.6) is 0 Å². The molecule has 3 rings (SSSR count). The van der Waals surface area contributed by atoms with Crippen LogP contribution in [0.15, 0.2) is 41.0 Å². The molecule has 1 aliphatic rings. The van der Waals surface area contributed by atoms with E-state index >= 15 is 0 Å². The second-order valence-corrected chi connectivity index (χ2v) is 7.60. The van der Waals surface area contributed by atoms with Gasteiger partial charge in [0.1, 0.15) is 5.76 Å². The number of amides is 3. The van der Waals surface area contributed by atoms with Gasteiger partial charge in [0.25, 0.3) is 5.91 Å². The number of nitrogens with one attached hydrogen (secondary N) is 3. The third-order valence-corrected chi connectivity index (χ3v) is 5.35. The number of nitrogens with zero attached hydrogens (tertiary/aromatic N) is 1. The summed E-state index contributed by atoms with van der Waals surface area (Å²) in [6, 6.07) is 7.17. The zero-order chi connectivity index (χ0) is 21.5. The van der Waals surface area contributed by atoms with E-state index in [0.29, 0.717) is 29.7 Å². The molecule has 30 heavy (non-hydrogen) atoms. The number of hydrogen-bond donors (Lipinski definition) is 4. The number of morpholine rings is 1. The standard InChI is InChI=1S/C19H23Cl2N5O4/c20-14-4-3-12(8-15(14)21)10-26-5-7-29-13(11-26)9-23-19(28)24-17(18(27)25-22)16-2-1-6-30-16/h1-4,6,8,13,17H,5,7,9-11,22H2,(H,25,27)(H2,23,24,28)/t13-,17?/m0/s1. The number of ether oxygens (including phenoxy) is 1. The van der Waals surface area contributed by atoms with Gasteiger partial charge in [-0.05, 0) is 29.8 Å². The summed E-state index contributed by atoms with van der Waals surface area (Å²) in [7, 11) is 0. The Morgan fingerprint density at radius 1 is 1.27 bits per heavy atom. The van der Waals surface area contributed by atoms with Crippen LogP contribution in [-0.2, 0) is 16.1 Å². The molecule has 2 aromatic rings. The van der Waals surface area contributed by atoms with Gasteiger partial charge in [-0.1, -0.05) is 29.3 Å². The van der Waals surface area contributed by atoms with Crippen LogP contribution < -0.4 is 21.9 Å². The summed E-state index contributed by atoms with van der Waals surface area (Å²) in [5, 5.41) is 6.30. The van der Waals surface area contributed by atoms with E-state index in [9.17, 15) is 9.59 Å². The number of carbonyl (C=O) groups is 2. The number of benzene rings is 1. The Morgan fingerprint density at radius 3 is 2.80 bits per heavy atom. The number of nitrogens with two attached hydrogens (primary N) is 1. The molecule has 1 aromatic carbocycles. The molecule has 1 fully saturated rings. The molecule has 5 N–H and O–H groups in total. The van der Waals surface area contributed by atoms with Gasteiger partial charge >= 0.3 is 6.03 Å². The Bertz CT molecular complexity index is 865. The first-order valence-corrected chi connectivity index (χ1v) is 10.1. The van der Waals surface area contributed by atoms with E-state index in [0.717, 1.165) is 12.1 Å². The Hall–Kier alpha value is -2.30. The minimum atomic E-state index is -1.04. The first-order chi connectivity index (χ1) is 14.5. The third-order valence-electron chi connectivity index (χ3n) is 4.61. The zero-order valence-corrected chi connectivity index (χ0v) is 17.6. The lowest BCUT2D eigenvalue weighted by Crippen LogP contribution is -2.50. The molecule has 1 unspecified atom stereocenters. The van der Waals surface area contributed by atoms with Crippen molar-refractivity contribution < 1.29 is 18.7 Å². The van der Waals surface area contributed by atoms with E-state index in [1.54, 1.807) is 18.2 Å². The van der Waals surface area contributed by atoms with Gasteiger partial charge in [0.2, 0.25) is 0 Å². The van der Waals surface area contributed by atoms with Crippen molar-refractivity contribution in [2.24, 2.45) is 5.84 Å². The van der Waals surface area contributed by atoms with Gasteiger partial charge in [-0.2, -0.15) is 0 Å². The highest BCUT2D eigenvalue weighted by Gasteiger charge is 2.26. The Labute approximate surface area is 183 Å². The monoisotopic (exact) mass is 455 g/mol. The summed E-state index contributed by atoms with van der Waals surface area (Å²) >= 11 is 12.0. The van der Waals surface area contributed by atoms with Crippen molar-refractivity contribution in [3.63, 3.8) is 0 Å². The van der Waals surface area contributed by atoms with E-state index in [2.05, 4.69) is 15.5 Å². The van der Waals surface area contributed by atoms with Gasteiger partial charge in [-0.3, -0.25) is 15.1 Å². The van der Waals surface area contributed by atoms with Crippen LogP contribution in [0.3, 0.4) is 0 Å². The first kappa shape index (κ1) is 22.4. The number of furan rings is 1. The molecular weight excluding hydrogens is 433 g/mol. The number of hydrazine groups is 1. The fraction of sp³-hybridized carbons (Fsp3) is 0.368. The number of rotatable bonds is 7. The van der Waals surface area contributed by atoms with Gasteiger partial charge in [0.15, 0.2) is 6.04 Å². The van der Waals surface area contributed by atoms with Crippen LogP contribution in [0.4, 0.5) is 4.79 Å². The number of halogens is 2. The van der Waals surface area contributed by atoms with Gasteiger partial charge in [0.05, 0.1) is 29.0 Å². The average molecular weight is 456 g/mol. The fourth-order valence-corrected chi connectivity index (χ4v) is 3.46. The summed E-state index contributed by atoms with van der Waals surface area (Å²) in [5.74, 6) is 4.87. The summed E-state index contributed by atoms with van der Waals surface area (Å²) in [6.45, 7) is 2.91. The molecule has 1 saturated heterocycles. The normalized spacial score (nSPS) is 17.9. The Balaban J connectivity index is 1.49. The van der Waals surface area contributed by atoms with Gasteiger partial charge in [0, 0.05) is 26.2 Å². The van der Waals surface area contributed by atoms with Crippen molar-refractivity contribution in [2.75, 3.05) is 26.2 Å². The molecule has 162 valence electrons. The molecule has 9 nitrogen and oxygen atoms in total. The van der Waals surface area contributed by atoms with Crippen LogP contribution in [0.1, 0.15) is 17.4 Å². The second kappa shape index (κ2) is 10.6. The lowest BCUT2D eigenvalue weighted by atomic mass is 10.2. The molecule has 0 aliphatic carbocycles. The number of carbonyl (C=O) groups excluding carboxylic acids is 2. The minimum Gasteiger partial charge on any atom is -0.467 e. The summed E-state index contributed by atoms with van der Waals surface area (Å²) in [5.41, 5.74) is 3.06. The van der Waals surface area contributed by atoms with Crippen LogP contribution in [0.25, 0.3) is 0 Å².